The van der Waals surface area contributed by atoms with Gasteiger partial charge >= 0.3 is 0 Å². The van der Waals surface area contributed by atoms with Crippen LogP contribution in [-0.4, -0.2) is 8.42 Å². The standard InChI is InChI=1S/C18H16BrNO2S2/c1-13-7-9-15(10-8-13)18(14-5-3-2-4-6-14)20-24(21,22)17-12-11-16(19)23-17/h2-12,18,20H,1H3/t18-/m0/s1. The lowest BCUT2D eigenvalue weighted by Crippen LogP contribution is -2.29. The van der Waals surface area contributed by atoms with Gasteiger partial charge in [0.1, 0.15) is 4.21 Å². The zero-order valence-corrected chi connectivity index (χ0v) is 16.2. The van der Waals surface area contributed by atoms with Crippen LogP contribution in [0.2, 0.25) is 0 Å². The number of hydrogen-bond acceptors (Lipinski definition) is 3. The lowest BCUT2D eigenvalue weighted by molar-refractivity contribution is 0.574. The van der Waals surface area contributed by atoms with Crippen molar-refractivity contribution in [3.8, 4) is 0 Å². The molecule has 3 aromatic rings. The highest BCUT2D eigenvalue weighted by Crippen LogP contribution is 2.29. The van der Waals surface area contributed by atoms with Crippen LogP contribution in [0.15, 0.2) is 74.7 Å². The van der Waals surface area contributed by atoms with Crippen LogP contribution in [0, 0.1) is 6.92 Å². The fourth-order valence-corrected chi connectivity index (χ4v) is 5.63. The Morgan fingerprint density at radius 1 is 0.917 bits per heavy atom. The van der Waals surface area contributed by atoms with Gasteiger partial charge in [0.15, 0.2) is 0 Å². The molecule has 6 heteroatoms. The molecule has 0 unspecified atom stereocenters. The molecule has 0 aliphatic heterocycles. The van der Waals surface area contributed by atoms with Gasteiger partial charge in [0.25, 0.3) is 10.0 Å². The Balaban J connectivity index is 2.01. The molecule has 1 N–H and O–H groups in total. The van der Waals surface area contributed by atoms with E-state index in [0.717, 1.165) is 20.5 Å². The molecule has 2 aromatic carbocycles. The quantitative estimate of drug-likeness (QED) is 0.637. The number of nitrogens with one attached hydrogen (secondary N) is 1. The molecule has 0 amide bonds. The van der Waals surface area contributed by atoms with Crippen molar-refractivity contribution in [3.05, 3.63) is 87.2 Å². The molecule has 0 aliphatic rings. The molecule has 0 saturated carbocycles. The Hall–Kier alpha value is -1.47. The number of hydrogen-bond donors (Lipinski definition) is 1. The molecule has 0 radical (unpaired) electrons. The predicted molar refractivity (Wildman–Crippen MR) is 102 cm³/mol. The van der Waals surface area contributed by atoms with Crippen LogP contribution in [-0.2, 0) is 10.0 Å². The first-order valence-electron chi connectivity index (χ1n) is 7.35. The van der Waals surface area contributed by atoms with E-state index >= 15 is 0 Å². The van der Waals surface area contributed by atoms with E-state index in [1.54, 1.807) is 12.1 Å². The number of thiophene rings is 1. The highest BCUT2D eigenvalue weighted by Gasteiger charge is 2.24. The third-order valence-corrected chi connectivity index (χ3v) is 7.17. The maximum atomic E-state index is 12.7. The van der Waals surface area contributed by atoms with E-state index in [4.69, 9.17) is 0 Å². The van der Waals surface area contributed by atoms with E-state index in [1.165, 1.54) is 11.3 Å². The molecule has 3 rings (SSSR count). The van der Waals surface area contributed by atoms with Gasteiger partial charge in [-0.2, -0.15) is 4.72 Å². The Kier molecular flexibility index (Phi) is 5.20. The second kappa shape index (κ2) is 7.19. The van der Waals surface area contributed by atoms with Gasteiger partial charge in [-0.3, -0.25) is 0 Å². The maximum Gasteiger partial charge on any atom is 0.250 e. The number of rotatable bonds is 5. The lowest BCUT2D eigenvalue weighted by atomic mass is 9.99. The maximum absolute atomic E-state index is 12.7. The summed E-state index contributed by atoms with van der Waals surface area (Å²) in [6.07, 6.45) is 0. The lowest BCUT2D eigenvalue weighted by Gasteiger charge is -2.19. The van der Waals surface area contributed by atoms with Gasteiger partial charge < -0.3 is 0 Å². The normalized spacial score (nSPS) is 12.9. The molecule has 1 atom stereocenters. The van der Waals surface area contributed by atoms with E-state index < -0.39 is 16.1 Å². The summed E-state index contributed by atoms with van der Waals surface area (Å²) in [6, 6.07) is 20.4. The summed E-state index contributed by atoms with van der Waals surface area (Å²) in [7, 11) is -3.61. The number of benzene rings is 2. The van der Waals surface area contributed by atoms with Crippen molar-refractivity contribution in [2.45, 2.75) is 17.2 Å². The average Bonchev–Trinajstić information content (AvgIpc) is 3.02. The smallest absolute Gasteiger partial charge is 0.206 e. The van der Waals surface area contributed by atoms with Crippen LogP contribution in [0.4, 0.5) is 0 Å². The van der Waals surface area contributed by atoms with E-state index in [-0.39, 0.29) is 0 Å². The van der Waals surface area contributed by atoms with Crippen molar-refractivity contribution >= 4 is 37.3 Å². The van der Waals surface area contributed by atoms with Gasteiger partial charge in [-0.25, -0.2) is 8.42 Å². The third-order valence-electron chi connectivity index (χ3n) is 3.63. The Morgan fingerprint density at radius 3 is 2.12 bits per heavy atom. The van der Waals surface area contributed by atoms with Gasteiger partial charge in [-0.15, -0.1) is 11.3 Å². The molecule has 0 spiro atoms. The minimum Gasteiger partial charge on any atom is -0.206 e. The molecule has 3 nitrogen and oxygen atoms in total. The molecular formula is C18H16BrNO2S2. The Labute approximate surface area is 154 Å². The summed E-state index contributed by atoms with van der Waals surface area (Å²) in [6.45, 7) is 2.01. The van der Waals surface area contributed by atoms with Gasteiger partial charge in [-0.1, -0.05) is 60.2 Å². The second-order valence-electron chi connectivity index (χ2n) is 5.43. The number of sulfonamides is 1. The number of halogens is 1. The highest BCUT2D eigenvalue weighted by atomic mass is 79.9. The summed E-state index contributed by atoms with van der Waals surface area (Å²) in [4.78, 5) is 0. The van der Waals surface area contributed by atoms with E-state index in [1.807, 2.05) is 61.5 Å². The molecular weight excluding hydrogens is 406 g/mol. The van der Waals surface area contributed by atoms with Gasteiger partial charge in [0.05, 0.1) is 9.83 Å². The largest absolute Gasteiger partial charge is 0.250 e. The molecule has 0 fully saturated rings. The summed E-state index contributed by atoms with van der Waals surface area (Å²) in [5, 5.41) is 0. The first-order valence-corrected chi connectivity index (χ1v) is 10.4. The first-order chi connectivity index (χ1) is 11.5. The number of aryl methyl sites for hydroxylation is 1. The molecule has 0 bridgehead atoms. The Morgan fingerprint density at radius 2 is 1.54 bits per heavy atom. The van der Waals surface area contributed by atoms with E-state index in [0.29, 0.717) is 4.21 Å². The predicted octanol–water partition coefficient (Wildman–Crippen LogP) is 4.89. The van der Waals surface area contributed by atoms with Gasteiger partial charge in [0.2, 0.25) is 0 Å². The van der Waals surface area contributed by atoms with Crippen molar-refractivity contribution < 1.29 is 8.42 Å². The second-order valence-corrected chi connectivity index (χ2v) is 9.84. The molecule has 1 heterocycles. The van der Waals surface area contributed by atoms with Crippen molar-refractivity contribution in [1.82, 2.24) is 4.72 Å². The summed E-state index contributed by atoms with van der Waals surface area (Å²) in [5.74, 6) is 0. The van der Waals surface area contributed by atoms with E-state index in [9.17, 15) is 8.42 Å². The fraction of sp³-hybridized carbons (Fsp3) is 0.111. The fourth-order valence-electron chi connectivity index (χ4n) is 2.39. The monoisotopic (exact) mass is 421 g/mol. The van der Waals surface area contributed by atoms with Crippen molar-refractivity contribution in [1.29, 1.82) is 0 Å². The summed E-state index contributed by atoms with van der Waals surface area (Å²) >= 11 is 4.51. The third kappa shape index (κ3) is 3.95. The topological polar surface area (TPSA) is 46.2 Å². The zero-order valence-electron chi connectivity index (χ0n) is 12.9. The van der Waals surface area contributed by atoms with Crippen LogP contribution in [0.25, 0.3) is 0 Å². The van der Waals surface area contributed by atoms with E-state index in [2.05, 4.69) is 20.7 Å². The first kappa shape index (κ1) is 17.4. The molecule has 0 aliphatic carbocycles. The summed E-state index contributed by atoms with van der Waals surface area (Å²) < 4.78 is 29.4. The van der Waals surface area contributed by atoms with Crippen molar-refractivity contribution in [3.63, 3.8) is 0 Å². The highest BCUT2D eigenvalue weighted by molar-refractivity contribution is 9.11. The average molecular weight is 422 g/mol. The van der Waals surface area contributed by atoms with Gasteiger partial charge in [-0.05, 0) is 46.1 Å². The van der Waals surface area contributed by atoms with Crippen molar-refractivity contribution in [2.24, 2.45) is 0 Å². The molecule has 1 aromatic heterocycles. The molecule has 24 heavy (non-hydrogen) atoms. The van der Waals surface area contributed by atoms with Crippen LogP contribution in [0.3, 0.4) is 0 Å². The minimum absolute atomic E-state index is 0.294. The van der Waals surface area contributed by atoms with Crippen LogP contribution >= 0.6 is 27.3 Å². The van der Waals surface area contributed by atoms with Crippen LogP contribution in [0.1, 0.15) is 22.7 Å². The summed E-state index contributed by atoms with van der Waals surface area (Å²) in [5.41, 5.74) is 2.95. The van der Waals surface area contributed by atoms with Gasteiger partial charge in [0, 0.05) is 0 Å². The molecule has 124 valence electrons. The van der Waals surface area contributed by atoms with Crippen molar-refractivity contribution in [2.75, 3.05) is 0 Å². The Bertz CT molecular complexity index is 919. The van der Waals surface area contributed by atoms with Crippen LogP contribution in [0.5, 0.6) is 0 Å². The molecule has 0 saturated heterocycles. The zero-order chi connectivity index (χ0) is 17.2. The van der Waals surface area contributed by atoms with Crippen LogP contribution < -0.4 is 4.72 Å². The SMILES string of the molecule is Cc1ccc([C@@H](NS(=O)(=O)c2ccc(Br)s2)c2ccccc2)cc1. The minimum atomic E-state index is -3.61.